The van der Waals surface area contributed by atoms with Gasteiger partial charge in [-0.2, -0.15) is 4.39 Å². The number of pyridine rings is 2. The van der Waals surface area contributed by atoms with Crippen LogP contribution in [0.4, 0.5) is 14.5 Å². The summed E-state index contributed by atoms with van der Waals surface area (Å²) in [6.07, 6.45) is 2.30. The third kappa shape index (κ3) is 3.05. The molecule has 0 aliphatic heterocycles. The number of aromatic nitrogens is 2. The van der Waals surface area contributed by atoms with Crippen molar-refractivity contribution < 1.29 is 13.6 Å². The molecule has 0 bridgehead atoms. The first kappa shape index (κ1) is 13.8. The molecule has 1 amide bonds. The van der Waals surface area contributed by atoms with E-state index in [0.29, 0.717) is 4.47 Å². The topological polar surface area (TPSA) is 54.9 Å². The van der Waals surface area contributed by atoms with Crippen molar-refractivity contribution in [1.29, 1.82) is 0 Å². The zero-order valence-corrected chi connectivity index (χ0v) is 11.5. The summed E-state index contributed by atoms with van der Waals surface area (Å²) in [5, 5.41) is 2.59. The van der Waals surface area contributed by atoms with Gasteiger partial charge in [0.2, 0.25) is 5.95 Å². The number of carbonyl (C=O) groups excluding carboxylic acids is 1. The highest BCUT2D eigenvalue weighted by molar-refractivity contribution is 9.10. The van der Waals surface area contributed by atoms with Gasteiger partial charge in [-0.05, 0) is 28.1 Å². The molecule has 0 aromatic carbocycles. The Labute approximate surface area is 120 Å². The van der Waals surface area contributed by atoms with Crippen molar-refractivity contribution in [2.75, 3.05) is 5.32 Å². The van der Waals surface area contributed by atoms with Gasteiger partial charge in [-0.15, -0.1) is 0 Å². The van der Waals surface area contributed by atoms with Gasteiger partial charge in [0.25, 0.3) is 5.91 Å². The standard InChI is InChI=1S/C11H5BrClF2N3O/c12-7-3-5(4-17-9(7)13)18-11(19)6-1-2-16-10(15)8(6)14/h1-4H,(H,18,19). The van der Waals surface area contributed by atoms with Crippen molar-refractivity contribution in [2.45, 2.75) is 0 Å². The second-order valence-electron chi connectivity index (χ2n) is 3.41. The third-order valence-corrected chi connectivity index (χ3v) is 3.28. The predicted molar refractivity (Wildman–Crippen MR) is 69.1 cm³/mol. The normalized spacial score (nSPS) is 10.3. The third-order valence-electron chi connectivity index (χ3n) is 2.15. The number of anilines is 1. The van der Waals surface area contributed by atoms with Gasteiger partial charge in [0, 0.05) is 6.20 Å². The van der Waals surface area contributed by atoms with E-state index in [2.05, 4.69) is 31.2 Å². The van der Waals surface area contributed by atoms with Crippen LogP contribution in [0, 0.1) is 11.8 Å². The second-order valence-corrected chi connectivity index (χ2v) is 4.63. The van der Waals surface area contributed by atoms with Gasteiger partial charge in [-0.25, -0.2) is 14.4 Å². The lowest BCUT2D eigenvalue weighted by atomic mass is 10.2. The Hall–Kier alpha value is -1.60. The van der Waals surface area contributed by atoms with Crippen LogP contribution in [-0.2, 0) is 0 Å². The molecule has 19 heavy (non-hydrogen) atoms. The van der Waals surface area contributed by atoms with Crippen molar-refractivity contribution in [3.8, 4) is 0 Å². The van der Waals surface area contributed by atoms with E-state index in [1.165, 1.54) is 12.3 Å². The Morgan fingerprint density at radius 3 is 2.79 bits per heavy atom. The minimum atomic E-state index is -1.33. The molecule has 0 atom stereocenters. The fourth-order valence-electron chi connectivity index (χ4n) is 1.28. The van der Waals surface area contributed by atoms with Crippen LogP contribution >= 0.6 is 27.5 Å². The summed E-state index contributed by atoms with van der Waals surface area (Å²) < 4.78 is 26.7. The Bertz CT molecular complexity index is 654. The van der Waals surface area contributed by atoms with E-state index >= 15 is 0 Å². The zero-order chi connectivity index (χ0) is 14.0. The van der Waals surface area contributed by atoms with E-state index < -0.39 is 23.2 Å². The molecule has 0 unspecified atom stereocenters. The van der Waals surface area contributed by atoms with Crippen molar-refractivity contribution in [3.05, 3.63) is 51.5 Å². The molecule has 2 aromatic rings. The average molecular weight is 349 g/mol. The van der Waals surface area contributed by atoms with Crippen molar-refractivity contribution in [3.63, 3.8) is 0 Å². The Morgan fingerprint density at radius 1 is 1.37 bits per heavy atom. The molecule has 0 spiro atoms. The monoisotopic (exact) mass is 347 g/mol. The summed E-state index contributed by atoms with van der Waals surface area (Å²) in [7, 11) is 0. The van der Waals surface area contributed by atoms with Gasteiger partial charge in [0.1, 0.15) is 5.15 Å². The Kier molecular flexibility index (Phi) is 4.06. The molecule has 0 radical (unpaired) electrons. The summed E-state index contributed by atoms with van der Waals surface area (Å²) in [5.74, 6) is -3.45. The molecular formula is C11H5BrClF2N3O. The number of rotatable bonds is 2. The van der Waals surface area contributed by atoms with E-state index in [9.17, 15) is 13.6 Å². The van der Waals surface area contributed by atoms with Gasteiger partial charge in [-0.3, -0.25) is 4.79 Å². The SMILES string of the molecule is O=C(Nc1cnc(Cl)c(Br)c1)c1ccnc(F)c1F. The van der Waals surface area contributed by atoms with Crippen LogP contribution < -0.4 is 5.32 Å². The molecule has 2 heterocycles. The average Bonchev–Trinajstić information content (AvgIpc) is 2.37. The van der Waals surface area contributed by atoms with Crippen LogP contribution in [0.5, 0.6) is 0 Å². The number of carbonyl (C=O) groups is 1. The van der Waals surface area contributed by atoms with E-state index in [0.717, 1.165) is 12.3 Å². The lowest BCUT2D eigenvalue weighted by molar-refractivity contribution is 0.102. The molecular weight excluding hydrogens is 343 g/mol. The minimum absolute atomic E-state index is 0.221. The molecule has 8 heteroatoms. The zero-order valence-electron chi connectivity index (χ0n) is 9.12. The van der Waals surface area contributed by atoms with Crippen molar-refractivity contribution >= 4 is 39.1 Å². The van der Waals surface area contributed by atoms with E-state index in [1.807, 2.05) is 0 Å². The van der Waals surface area contributed by atoms with Gasteiger partial charge >= 0.3 is 0 Å². The van der Waals surface area contributed by atoms with Crippen molar-refractivity contribution in [2.24, 2.45) is 0 Å². The lowest BCUT2D eigenvalue weighted by Gasteiger charge is -2.06. The number of halogens is 4. The highest BCUT2D eigenvalue weighted by Gasteiger charge is 2.16. The van der Waals surface area contributed by atoms with E-state index in [4.69, 9.17) is 11.6 Å². The maximum Gasteiger partial charge on any atom is 0.258 e. The summed E-state index contributed by atoms with van der Waals surface area (Å²) in [6, 6.07) is 2.56. The molecule has 0 fully saturated rings. The van der Waals surface area contributed by atoms with Gasteiger partial charge in [0.15, 0.2) is 5.82 Å². The van der Waals surface area contributed by atoms with Gasteiger partial charge in [0.05, 0.1) is 21.9 Å². The fraction of sp³-hybridized carbons (Fsp3) is 0. The van der Waals surface area contributed by atoms with Crippen LogP contribution in [-0.4, -0.2) is 15.9 Å². The Balaban J connectivity index is 2.26. The molecule has 2 aromatic heterocycles. The van der Waals surface area contributed by atoms with Crippen LogP contribution in [0.25, 0.3) is 0 Å². The minimum Gasteiger partial charge on any atom is -0.320 e. The summed E-state index contributed by atoms with van der Waals surface area (Å²) in [6.45, 7) is 0. The maximum absolute atomic E-state index is 13.4. The van der Waals surface area contributed by atoms with Crippen LogP contribution in [0.2, 0.25) is 5.15 Å². The van der Waals surface area contributed by atoms with Gasteiger partial charge in [-0.1, -0.05) is 11.6 Å². The van der Waals surface area contributed by atoms with E-state index in [-0.39, 0.29) is 10.8 Å². The molecule has 0 saturated heterocycles. The second kappa shape index (κ2) is 5.58. The maximum atomic E-state index is 13.4. The van der Waals surface area contributed by atoms with Crippen LogP contribution in [0.15, 0.2) is 29.0 Å². The lowest BCUT2D eigenvalue weighted by Crippen LogP contribution is -2.15. The summed E-state index contributed by atoms with van der Waals surface area (Å²) in [5.41, 5.74) is -0.156. The first-order chi connectivity index (χ1) is 8.99. The quantitative estimate of drug-likeness (QED) is 0.846. The molecule has 0 saturated carbocycles. The Morgan fingerprint density at radius 2 is 2.11 bits per heavy atom. The fourth-order valence-corrected chi connectivity index (χ4v) is 1.73. The first-order valence-electron chi connectivity index (χ1n) is 4.91. The number of hydrogen-bond acceptors (Lipinski definition) is 3. The van der Waals surface area contributed by atoms with E-state index in [1.54, 1.807) is 0 Å². The molecule has 2 rings (SSSR count). The largest absolute Gasteiger partial charge is 0.320 e. The molecule has 0 aliphatic rings. The number of nitrogens with zero attached hydrogens (tertiary/aromatic N) is 2. The summed E-state index contributed by atoms with van der Waals surface area (Å²) >= 11 is 8.82. The van der Waals surface area contributed by atoms with Crippen LogP contribution in [0.3, 0.4) is 0 Å². The highest BCUT2D eigenvalue weighted by Crippen LogP contribution is 2.23. The van der Waals surface area contributed by atoms with Crippen LogP contribution in [0.1, 0.15) is 10.4 Å². The van der Waals surface area contributed by atoms with Gasteiger partial charge < -0.3 is 5.32 Å². The smallest absolute Gasteiger partial charge is 0.258 e. The highest BCUT2D eigenvalue weighted by atomic mass is 79.9. The first-order valence-corrected chi connectivity index (χ1v) is 6.08. The molecule has 4 nitrogen and oxygen atoms in total. The summed E-state index contributed by atoms with van der Waals surface area (Å²) in [4.78, 5) is 18.6. The molecule has 98 valence electrons. The number of hydrogen-bond donors (Lipinski definition) is 1. The number of amides is 1. The molecule has 0 aliphatic carbocycles. The molecule has 1 N–H and O–H groups in total. The predicted octanol–water partition coefficient (Wildman–Crippen LogP) is 3.42. The van der Waals surface area contributed by atoms with Crippen molar-refractivity contribution in [1.82, 2.24) is 9.97 Å². The number of nitrogens with one attached hydrogen (secondary N) is 1.